The van der Waals surface area contributed by atoms with Crippen molar-refractivity contribution in [3.63, 3.8) is 0 Å². The Balaban J connectivity index is 2.74. The SMILES string of the molecule is CCC1(CC)CSC(=NP(=O)(O)O)S1. The average molecular weight is 255 g/mol. The van der Waals surface area contributed by atoms with Gasteiger partial charge >= 0.3 is 7.75 Å². The number of rotatable bonds is 3. The van der Waals surface area contributed by atoms with Crippen molar-refractivity contribution < 1.29 is 14.4 Å². The molecular weight excluding hydrogens is 241 g/mol. The zero-order valence-electron chi connectivity index (χ0n) is 8.13. The Bertz CT molecular complexity index is 285. The summed E-state index contributed by atoms with van der Waals surface area (Å²) in [6.07, 6.45) is 2.00. The van der Waals surface area contributed by atoms with Gasteiger partial charge in [0.1, 0.15) is 4.38 Å². The van der Waals surface area contributed by atoms with E-state index in [1.807, 2.05) is 0 Å². The summed E-state index contributed by atoms with van der Waals surface area (Å²) in [5.41, 5.74) is 0. The van der Waals surface area contributed by atoms with Crippen LogP contribution < -0.4 is 0 Å². The lowest BCUT2D eigenvalue weighted by Crippen LogP contribution is -2.21. The summed E-state index contributed by atoms with van der Waals surface area (Å²) in [6.45, 7) is 4.19. The summed E-state index contributed by atoms with van der Waals surface area (Å²) >= 11 is 2.95. The third-order valence-electron chi connectivity index (χ3n) is 2.26. The molecule has 1 aliphatic rings. The van der Waals surface area contributed by atoms with Gasteiger partial charge in [0.15, 0.2) is 0 Å². The molecule has 0 spiro atoms. The summed E-state index contributed by atoms with van der Waals surface area (Å²) in [6, 6.07) is 0. The first-order valence-corrected chi connectivity index (χ1v) is 7.75. The largest absolute Gasteiger partial charge is 0.450 e. The van der Waals surface area contributed by atoms with Gasteiger partial charge in [-0.15, -0.1) is 0 Å². The van der Waals surface area contributed by atoms with Gasteiger partial charge in [0.05, 0.1) is 0 Å². The van der Waals surface area contributed by atoms with Gasteiger partial charge in [-0.2, -0.15) is 4.76 Å². The minimum Gasteiger partial charge on any atom is -0.307 e. The van der Waals surface area contributed by atoms with E-state index in [-0.39, 0.29) is 4.75 Å². The van der Waals surface area contributed by atoms with Crippen LogP contribution in [0, 0.1) is 0 Å². The van der Waals surface area contributed by atoms with Crippen molar-refractivity contribution in [3.05, 3.63) is 0 Å². The van der Waals surface area contributed by atoms with Crippen LogP contribution in [0.25, 0.3) is 0 Å². The summed E-state index contributed by atoms with van der Waals surface area (Å²) in [7, 11) is -4.25. The molecule has 0 radical (unpaired) electrons. The van der Waals surface area contributed by atoms with E-state index in [0.29, 0.717) is 4.38 Å². The van der Waals surface area contributed by atoms with Crippen molar-refractivity contribution in [1.82, 2.24) is 0 Å². The van der Waals surface area contributed by atoms with Crippen molar-refractivity contribution in [3.8, 4) is 0 Å². The van der Waals surface area contributed by atoms with Gasteiger partial charge in [-0.3, -0.25) is 0 Å². The smallest absolute Gasteiger partial charge is 0.307 e. The number of hydrogen-bond donors (Lipinski definition) is 2. The van der Waals surface area contributed by atoms with E-state index in [1.165, 1.54) is 23.5 Å². The Morgan fingerprint density at radius 1 is 1.50 bits per heavy atom. The van der Waals surface area contributed by atoms with Crippen LogP contribution in [0.3, 0.4) is 0 Å². The first-order valence-electron chi connectivity index (χ1n) is 4.38. The molecule has 0 saturated carbocycles. The maximum absolute atomic E-state index is 10.7. The van der Waals surface area contributed by atoms with Crippen LogP contribution in [-0.4, -0.2) is 24.7 Å². The molecule has 0 aromatic carbocycles. The Kier molecular flexibility index (Phi) is 4.11. The van der Waals surface area contributed by atoms with Gasteiger partial charge in [-0.05, 0) is 12.8 Å². The standard InChI is InChI=1S/C7H14NO3PS2/c1-3-7(4-2)5-13-6(14-7)8-12(9,10)11/h3-5H2,1-2H3,(H2,9,10,11). The van der Waals surface area contributed by atoms with Crippen LogP contribution in [0.15, 0.2) is 4.76 Å². The molecule has 14 heavy (non-hydrogen) atoms. The second-order valence-corrected chi connectivity index (χ2v) is 7.07. The van der Waals surface area contributed by atoms with E-state index >= 15 is 0 Å². The van der Waals surface area contributed by atoms with Crippen LogP contribution in [0.5, 0.6) is 0 Å². The molecule has 1 fully saturated rings. The predicted molar refractivity (Wildman–Crippen MR) is 62.8 cm³/mol. The molecule has 0 atom stereocenters. The first-order chi connectivity index (χ1) is 6.41. The highest BCUT2D eigenvalue weighted by atomic mass is 32.2. The molecule has 1 saturated heterocycles. The van der Waals surface area contributed by atoms with E-state index in [0.717, 1.165) is 18.6 Å². The van der Waals surface area contributed by atoms with E-state index < -0.39 is 7.75 Å². The van der Waals surface area contributed by atoms with E-state index in [2.05, 4.69) is 18.6 Å². The zero-order chi connectivity index (χ0) is 10.8. The fourth-order valence-corrected chi connectivity index (χ4v) is 5.25. The van der Waals surface area contributed by atoms with Crippen molar-refractivity contribution in [1.29, 1.82) is 0 Å². The minimum atomic E-state index is -4.25. The van der Waals surface area contributed by atoms with Gasteiger partial charge in [0.25, 0.3) is 0 Å². The van der Waals surface area contributed by atoms with Crippen LogP contribution >= 0.6 is 31.3 Å². The van der Waals surface area contributed by atoms with Crippen LogP contribution in [0.1, 0.15) is 26.7 Å². The van der Waals surface area contributed by atoms with Crippen LogP contribution in [0.4, 0.5) is 0 Å². The molecule has 4 nitrogen and oxygen atoms in total. The molecule has 1 heterocycles. The molecule has 7 heteroatoms. The highest BCUT2D eigenvalue weighted by Gasteiger charge is 2.36. The quantitative estimate of drug-likeness (QED) is 0.758. The predicted octanol–water partition coefficient (Wildman–Crippen LogP) is 2.47. The molecule has 1 rings (SSSR count). The highest BCUT2D eigenvalue weighted by Crippen LogP contribution is 2.50. The Morgan fingerprint density at radius 2 is 2.07 bits per heavy atom. The summed E-state index contributed by atoms with van der Waals surface area (Å²) < 4.78 is 14.7. The van der Waals surface area contributed by atoms with Crippen molar-refractivity contribution in [2.24, 2.45) is 4.76 Å². The molecule has 0 unspecified atom stereocenters. The Labute approximate surface area is 92.2 Å². The van der Waals surface area contributed by atoms with E-state index in [1.54, 1.807) is 0 Å². The molecular formula is C7H14NO3PS2. The monoisotopic (exact) mass is 255 g/mol. The highest BCUT2D eigenvalue weighted by molar-refractivity contribution is 8.42. The van der Waals surface area contributed by atoms with Gasteiger partial charge < -0.3 is 9.79 Å². The molecule has 0 amide bonds. The number of nitrogens with zero attached hydrogens (tertiary/aromatic N) is 1. The average Bonchev–Trinajstić information content (AvgIpc) is 2.46. The van der Waals surface area contributed by atoms with Gasteiger partial charge in [0, 0.05) is 10.5 Å². The summed E-state index contributed by atoms with van der Waals surface area (Å²) in [5.74, 6) is 0.892. The normalized spacial score (nSPS) is 24.4. The van der Waals surface area contributed by atoms with Crippen molar-refractivity contribution in [2.75, 3.05) is 5.75 Å². The van der Waals surface area contributed by atoms with Crippen LogP contribution in [-0.2, 0) is 4.57 Å². The lowest BCUT2D eigenvalue weighted by molar-refractivity contribution is 0.375. The van der Waals surface area contributed by atoms with Gasteiger partial charge in [-0.25, -0.2) is 4.57 Å². The fraction of sp³-hybridized carbons (Fsp3) is 0.857. The molecule has 0 aromatic heterocycles. The molecule has 1 aliphatic heterocycles. The Hall–Kier alpha value is 0.520. The lowest BCUT2D eigenvalue weighted by Gasteiger charge is -2.22. The third-order valence-corrected chi connectivity index (χ3v) is 6.24. The number of hydrogen-bond acceptors (Lipinski definition) is 3. The van der Waals surface area contributed by atoms with E-state index in [4.69, 9.17) is 9.79 Å². The lowest BCUT2D eigenvalue weighted by atomic mass is 10.1. The molecule has 2 N–H and O–H groups in total. The Morgan fingerprint density at radius 3 is 2.43 bits per heavy atom. The van der Waals surface area contributed by atoms with Crippen molar-refractivity contribution in [2.45, 2.75) is 31.4 Å². The second kappa shape index (κ2) is 4.58. The molecule has 0 aromatic rings. The third kappa shape index (κ3) is 3.28. The van der Waals surface area contributed by atoms with Gasteiger partial charge in [-0.1, -0.05) is 37.4 Å². The van der Waals surface area contributed by atoms with Crippen LogP contribution in [0.2, 0.25) is 0 Å². The maximum atomic E-state index is 10.7. The number of thioether (sulfide) groups is 2. The van der Waals surface area contributed by atoms with E-state index in [9.17, 15) is 4.57 Å². The summed E-state index contributed by atoms with van der Waals surface area (Å²) in [4.78, 5) is 17.4. The molecule has 0 bridgehead atoms. The summed E-state index contributed by atoms with van der Waals surface area (Å²) in [5, 5.41) is 0. The zero-order valence-corrected chi connectivity index (χ0v) is 10.7. The van der Waals surface area contributed by atoms with Gasteiger partial charge in [0.2, 0.25) is 0 Å². The maximum Gasteiger partial charge on any atom is 0.450 e. The fourth-order valence-electron chi connectivity index (χ4n) is 1.19. The topological polar surface area (TPSA) is 69.9 Å². The molecule has 0 aliphatic carbocycles. The minimum absolute atomic E-state index is 0.124. The first kappa shape index (κ1) is 12.6. The second-order valence-electron chi connectivity index (χ2n) is 3.16. The van der Waals surface area contributed by atoms with Crippen molar-refractivity contribution >= 4 is 35.6 Å². The molecule has 82 valence electrons.